The third kappa shape index (κ3) is 6.01. The quantitative estimate of drug-likeness (QED) is 0.147. The SMILES string of the molecule is COc1ccc(O)c([C@H]2C3=CC[C@@H]4C(=O)N(C5CCN(Cc6ccccc6)CC5)C(=O)[C@@H]4[C@@H]3C[C@H]3C(=O)N(Nc4ccc(F)cc4)C(=O)[C@@]23c2ccc(Cl)cc2)c1. The molecule has 3 heterocycles. The van der Waals surface area contributed by atoms with Crippen molar-refractivity contribution in [2.45, 2.75) is 49.6 Å². The van der Waals surface area contributed by atoms with Crippen LogP contribution in [0.25, 0.3) is 0 Å². The maximum atomic E-state index is 15.4. The molecule has 3 aliphatic heterocycles. The Morgan fingerprint density at radius 3 is 2.30 bits per heavy atom. The molecular formula is C45H42ClFN4O6. The number of nitrogens with zero attached hydrogens (tertiary/aromatic N) is 3. The fourth-order valence-electron chi connectivity index (χ4n) is 10.5. The molecule has 4 amide bonds. The second-order valence-corrected chi connectivity index (χ2v) is 16.3. The van der Waals surface area contributed by atoms with Gasteiger partial charge < -0.3 is 9.84 Å². The number of anilines is 1. The van der Waals surface area contributed by atoms with Crippen molar-refractivity contribution in [1.82, 2.24) is 14.8 Å². The number of methoxy groups -OCH3 is 1. The van der Waals surface area contributed by atoms with Gasteiger partial charge in [-0.05, 0) is 97.3 Å². The molecule has 3 saturated heterocycles. The number of hydrazine groups is 1. The number of ether oxygens (including phenoxy) is 1. The molecule has 6 atom stereocenters. The Kier molecular flexibility index (Phi) is 9.40. The van der Waals surface area contributed by atoms with E-state index in [4.69, 9.17) is 16.3 Å². The van der Waals surface area contributed by atoms with E-state index in [9.17, 15) is 23.9 Å². The summed E-state index contributed by atoms with van der Waals surface area (Å²) in [5.41, 5.74) is 4.44. The van der Waals surface area contributed by atoms with Gasteiger partial charge in [0.25, 0.3) is 11.8 Å². The van der Waals surface area contributed by atoms with Crippen LogP contribution in [0.4, 0.5) is 10.1 Å². The summed E-state index contributed by atoms with van der Waals surface area (Å²) in [7, 11) is 1.50. The van der Waals surface area contributed by atoms with Gasteiger partial charge >= 0.3 is 0 Å². The highest BCUT2D eigenvalue weighted by Gasteiger charge is 2.71. The smallest absolute Gasteiger partial charge is 0.260 e. The van der Waals surface area contributed by atoms with Gasteiger partial charge in [0.1, 0.15) is 17.3 Å². The highest BCUT2D eigenvalue weighted by Crippen LogP contribution is 2.65. The number of carbonyl (C=O) groups excluding carboxylic acids is 4. The van der Waals surface area contributed by atoms with Crippen LogP contribution in [-0.4, -0.2) is 69.8 Å². The fourth-order valence-corrected chi connectivity index (χ4v) is 10.6. The summed E-state index contributed by atoms with van der Waals surface area (Å²) in [4.78, 5) is 63.3. The normalized spacial score (nSPS) is 27.6. The largest absolute Gasteiger partial charge is 0.508 e. The number of fused-ring (bicyclic) bond motifs is 4. The zero-order valence-corrected chi connectivity index (χ0v) is 32.1. The highest BCUT2D eigenvalue weighted by atomic mass is 35.5. The fraction of sp³-hybridized carbons (Fsp3) is 0.333. The summed E-state index contributed by atoms with van der Waals surface area (Å²) in [5, 5.41) is 13.1. The Morgan fingerprint density at radius 1 is 0.877 bits per heavy atom. The number of phenols is 1. The van der Waals surface area contributed by atoms with Crippen molar-refractivity contribution in [2.75, 3.05) is 25.6 Å². The lowest BCUT2D eigenvalue weighted by molar-refractivity contribution is -0.144. The van der Waals surface area contributed by atoms with Gasteiger partial charge in [-0.15, -0.1) is 0 Å². The molecule has 0 aromatic heterocycles. The van der Waals surface area contributed by atoms with Crippen LogP contribution in [0, 0.1) is 29.5 Å². The van der Waals surface area contributed by atoms with Crippen molar-refractivity contribution in [1.29, 1.82) is 0 Å². The number of halogens is 2. The number of imide groups is 2. The third-order valence-electron chi connectivity index (χ3n) is 13.0. The van der Waals surface area contributed by atoms with Crippen LogP contribution in [0.3, 0.4) is 0 Å². The van der Waals surface area contributed by atoms with Gasteiger partial charge in [-0.2, -0.15) is 5.01 Å². The number of hydrogen-bond donors (Lipinski definition) is 2. The lowest BCUT2D eigenvalue weighted by Crippen LogP contribution is -2.53. The number of amides is 4. The molecule has 2 aliphatic carbocycles. The molecule has 12 heteroatoms. The lowest BCUT2D eigenvalue weighted by Gasteiger charge is -2.50. The standard InChI is InChI=1S/C45H42ClFN4O6/c1-57-32-15-18-38(52)36(23-32)40-33-16-17-34-39(43(55)50(41(34)53)31-19-21-49(22-20-31)25-26-5-3-2-4-6-26)35(33)24-37-42(54)51(48-30-13-11-29(47)12-14-30)44(56)45(37,40)27-7-9-28(46)10-8-27/h2-16,18,23,31,34-35,37,39-40,48,52H,17,19-22,24-25H2,1H3/t34-,35+,37-,39-,40+,45+/m0/s1. The summed E-state index contributed by atoms with van der Waals surface area (Å²) in [6.45, 7) is 2.29. The number of likely N-dealkylation sites (tertiary alicyclic amines) is 2. The zero-order chi connectivity index (χ0) is 39.6. The minimum absolute atomic E-state index is 0.103. The first-order chi connectivity index (χ1) is 27.6. The Hall–Kier alpha value is -5.52. The predicted molar refractivity (Wildman–Crippen MR) is 210 cm³/mol. The predicted octanol–water partition coefficient (Wildman–Crippen LogP) is 6.84. The zero-order valence-electron chi connectivity index (χ0n) is 31.3. The Bertz CT molecular complexity index is 2280. The van der Waals surface area contributed by atoms with Crippen molar-refractivity contribution < 1.29 is 33.4 Å². The second kappa shape index (κ2) is 14.5. The minimum Gasteiger partial charge on any atom is -0.508 e. The lowest BCUT2D eigenvalue weighted by atomic mass is 9.49. The van der Waals surface area contributed by atoms with Gasteiger partial charge in [-0.3, -0.25) is 34.4 Å². The molecule has 57 heavy (non-hydrogen) atoms. The van der Waals surface area contributed by atoms with E-state index >= 15 is 4.79 Å². The molecule has 0 radical (unpaired) electrons. The molecule has 4 aromatic carbocycles. The van der Waals surface area contributed by atoms with Crippen LogP contribution >= 0.6 is 11.6 Å². The molecule has 2 N–H and O–H groups in total. The van der Waals surface area contributed by atoms with E-state index in [0.717, 1.165) is 30.2 Å². The number of rotatable bonds is 8. The van der Waals surface area contributed by atoms with Gasteiger partial charge in [-0.1, -0.05) is 65.7 Å². The van der Waals surface area contributed by atoms with Crippen molar-refractivity contribution in [3.8, 4) is 11.5 Å². The number of hydrogen-bond acceptors (Lipinski definition) is 8. The summed E-state index contributed by atoms with van der Waals surface area (Å²) in [6, 6.07) is 26.9. The number of benzene rings is 4. The van der Waals surface area contributed by atoms with E-state index in [1.807, 2.05) is 24.3 Å². The molecule has 10 nitrogen and oxygen atoms in total. The Labute approximate surface area is 334 Å². The molecule has 0 bridgehead atoms. The molecule has 1 saturated carbocycles. The number of allylic oxidation sites excluding steroid dienone is 2. The molecular weight excluding hydrogens is 747 g/mol. The third-order valence-corrected chi connectivity index (χ3v) is 13.3. The average molecular weight is 789 g/mol. The second-order valence-electron chi connectivity index (χ2n) is 15.8. The molecule has 292 valence electrons. The maximum absolute atomic E-state index is 15.4. The molecule has 5 aliphatic rings. The average Bonchev–Trinajstić information content (AvgIpc) is 3.60. The van der Waals surface area contributed by atoms with Crippen molar-refractivity contribution >= 4 is 40.9 Å². The van der Waals surface area contributed by atoms with Crippen molar-refractivity contribution in [2.24, 2.45) is 23.7 Å². The maximum Gasteiger partial charge on any atom is 0.260 e. The number of nitrogens with one attached hydrogen (secondary N) is 1. The molecule has 4 aromatic rings. The van der Waals surface area contributed by atoms with E-state index in [1.165, 1.54) is 47.9 Å². The van der Waals surface area contributed by atoms with Crippen LogP contribution in [-0.2, 0) is 31.1 Å². The molecule has 0 unspecified atom stereocenters. The molecule has 0 spiro atoms. The van der Waals surface area contributed by atoms with Crippen LogP contribution in [0.15, 0.2) is 109 Å². The van der Waals surface area contributed by atoms with Gasteiger partial charge in [-0.25, -0.2) is 4.39 Å². The Balaban J connectivity index is 1.12. The van der Waals surface area contributed by atoms with E-state index < -0.39 is 52.6 Å². The van der Waals surface area contributed by atoms with Crippen LogP contribution in [0.1, 0.15) is 48.3 Å². The van der Waals surface area contributed by atoms with E-state index in [0.29, 0.717) is 40.4 Å². The summed E-state index contributed by atoms with van der Waals surface area (Å²) in [6.07, 6.45) is 3.66. The summed E-state index contributed by atoms with van der Waals surface area (Å²) in [5.74, 6) is -5.64. The molecule has 9 rings (SSSR count). The number of carbonyl (C=O) groups is 4. The first-order valence-corrected chi connectivity index (χ1v) is 19.8. The first-order valence-electron chi connectivity index (χ1n) is 19.5. The van der Waals surface area contributed by atoms with E-state index in [2.05, 4.69) is 22.5 Å². The topological polar surface area (TPSA) is 119 Å². The number of piperidine rings is 1. The van der Waals surface area contributed by atoms with Gasteiger partial charge in [0, 0.05) is 42.2 Å². The highest BCUT2D eigenvalue weighted by molar-refractivity contribution is 6.30. The van der Waals surface area contributed by atoms with Crippen LogP contribution in [0.5, 0.6) is 11.5 Å². The first kappa shape index (κ1) is 37.1. The summed E-state index contributed by atoms with van der Waals surface area (Å²) >= 11 is 6.40. The minimum atomic E-state index is -1.62. The number of phenolic OH excluding ortho intramolecular Hbond substituents is 1. The Morgan fingerprint density at radius 2 is 1.60 bits per heavy atom. The summed E-state index contributed by atoms with van der Waals surface area (Å²) < 4.78 is 19.6. The van der Waals surface area contributed by atoms with Gasteiger partial charge in [0.05, 0.1) is 36.0 Å². The van der Waals surface area contributed by atoms with Crippen molar-refractivity contribution in [3.63, 3.8) is 0 Å². The van der Waals surface area contributed by atoms with E-state index in [1.54, 1.807) is 36.4 Å². The van der Waals surface area contributed by atoms with Gasteiger partial charge in [0.2, 0.25) is 11.8 Å². The van der Waals surface area contributed by atoms with Crippen LogP contribution in [0.2, 0.25) is 5.02 Å². The van der Waals surface area contributed by atoms with Crippen molar-refractivity contribution in [3.05, 3.63) is 136 Å². The van der Waals surface area contributed by atoms with Crippen LogP contribution < -0.4 is 10.2 Å². The van der Waals surface area contributed by atoms with E-state index in [-0.39, 0.29) is 36.4 Å². The molecule has 4 fully saturated rings. The van der Waals surface area contributed by atoms with Gasteiger partial charge in [0.15, 0.2) is 0 Å². The number of aromatic hydroxyl groups is 1. The monoisotopic (exact) mass is 788 g/mol.